The van der Waals surface area contributed by atoms with Gasteiger partial charge in [-0.25, -0.2) is 0 Å². The molecule has 2 heterocycles. The first-order chi connectivity index (χ1) is 14.5. The van der Waals surface area contributed by atoms with Gasteiger partial charge >= 0.3 is 0 Å². The van der Waals surface area contributed by atoms with E-state index < -0.39 is 0 Å². The van der Waals surface area contributed by atoms with Gasteiger partial charge in [0, 0.05) is 19.6 Å². The molecule has 3 rings (SSSR count). The molecule has 0 aliphatic carbocycles. The van der Waals surface area contributed by atoms with Crippen molar-refractivity contribution in [1.29, 1.82) is 0 Å². The molecule has 0 spiro atoms. The molecule has 0 saturated carbocycles. The number of carbonyl (C=O) groups is 2. The summed E-state index contributed by atoms with van der Waals surface area (Å²) < 4.78 is 5.91. The second kappa shape index (κ2) is 9.78. The van der Waals surface area contributed by atoms with Crippen LogP contribution in [0, 0.1) is 13.8 Å². The van der Waals surface area contributed by atoms with Gasteiger partial charge in [0.2, 0.25) is 0 Å². The van der Waals surface area contributed by atoms with Crippen LogP contribution in [0.3, 0.4) is 0 Å². The summed E-state index contributed by atoms with van der Waals surface area (Å²) in [4.78, 5) is 29.6. The van der Waals surface area contributed by atoms with Crippen LogP contribution < -0.4 is 4.74 Å². The number of aryl methyl sites for hydroxylation is 2. The highest BCUT2D eigenvalue weighted by molar-refractivity contribution is 5.95. The molecule has 1 N–H and O–H groups in total. The molecular formula is C23H32N4O3. The fourth-order valence-corrected chi connectivity index (χ4v) is 4.18. The molecule has 1 aliphatic rings. The maximum atomic E-state index is 13.1. The molecule has 1 atom stereocenters. The molecule has 1 saturated heterocycles. The number of benzene rings is 1. The van der Waals surface area contributed by atoms with Crippen molar-refractivity contribution < 1.29 is 14.3 Å². The molecule has 162 valence electrons. The zero-order valence-electron chi connectivity index (χ0n) is 18.4. The first-order valence-electron chi connectivity index (χ1n) is 10.8. The number of carbonyl (C=O) groups excluding carboxylic acids is 2. The highest BCUT2D eigenvalue weighted by Gasteiger charge is 2.33. The molecule has 1 aliphatic heterocycles. The van der Waals surface area contributed by atoms with E-state index in [0.717, 1.165) is 41.8 Å². The van der Waals surface area contributed by atoms with Crippen molar-refractivity contribution in [2.24, 2.45) is 0 Å². The monoisotopic (exact) mass is 412 g/mol. The lowest BCUT2D eigenvalue weighted by molar-refractivity contribution is -0.137. The second-order valence-electron chi connectivity index (χ2n) is 7.78. The van der Waals surface area contributed by atoms with E-state index in [2.05, 4.69) is 10.2 Å². The van der Waals surface area contributed by atoms with Crippen molar-refractivity contribution in [3.63, 3.8) is 0 Å². The van der Waals surface area contributed by atoms with Crippen LogP contribution in [0.2, 0.25) is 0 Å². The van der Waals surface area contributed by atoms with Crippen LogP contribution in [0.25, 0.3) is 0 Å². The summed E-state index contributed by atoms with van der Waals surface area (Å²) in [6, 6.07) is 5.75. The van der Waals surface area contributed by atoms with Gasteiger partial charge in [-0.2, -0.15) is 5.10 Å². The van der Waals surface area contributed by atoms with Gasteiger partial charge in [0.05, 0.1) is 23.5 Å². The van der Waals surface area contributed by atoms with Crippen molar-refractivity contribution in [2.45, 2.75) is 53.0 Å². The average Bonchev–Trinajstić information content (AvgIpc) is 3.23. The summed E-state index contributed by atoms with van der Waals surface area (Å²) in [6.45, 7) is 9.78. The topological polar surface area (TPSA) is 78.5 Å². The molecule has 30 heavy (non-hydrogen) atoms. The van der Waals surface area contributed by atoms with Crippen LogP contribution in [0.1, 0.15) is 66.3 Å². The van der Waals surface area contributed by atoms with Crippen LogP contribution in [-0.4, -0.2) is 58.1 Å². The zero-order valence-corrected chi connectivity index (χ0v) is 18.4. The molecule has 0 bridgehead atoms. The largest absolute Gasteiger partial charge is 0.483 e. The molecule has 2 amide bonds. The number of H-pyrrole nitrogens is 1. The number of likely N-dealkylation sites (tertiary alicyclic amines) is 1. The van der Waals surface area contributed by atoms with Crippen LogP contribution >= 0.6 is 0 Å². The quantitative estimate of drug-likeness (QED) is 0.753. The van der Waals surface area contributed by atoms with E-state index in [9.17, 15) is 9.59 Å². The summed E-state index contributed by atoms with van der Waals surface area (Å²) in [6.07, 6.45) is 4.33. The Balaban J connectivity index is 1.78. The number of hydrogen-bond donors (Lipinski definition) is 1. The number of para-hydroxylation sites is 1. The van der Waals surface area contributed by atoms with Crippen molar-refractivity contribution in [1.82, 2.24) is 20.0 Å². The van der Waals surface area contributed by atoms with Crippen molar-refractivity contribution in [3.8, 4) is 5.75 Å². The first-order valence-corrected chi connectivity index (χ1v) is 10.8. The molecule has 0 radical (unpaired) electrons. The predicted molar refractivity (Wildman–Crippen MR) is 116 cm³/mol. The number of aromatic amines is 1. The third-order valence-corrected chi connectivity index (χ3v) is 5.85. The first kappa shape index (κ1) is 21.9. The summed E-state index contributed by atoms with van der Waals surface area (Å²) >= 11 is 0. The Morgan fingerprint density at radius 1 is 1.20 bits per heavy atom. The number of nitrogens with zero attached hydrogens (tertiary/aromatic N) is 3. The van der Waals surface area contributed by atoms with Gasteiger partial charge in [0.1, 0.15) is 5.75 Å². The minimum absolute atomic E-state index is 0.0182. The van der Waals surface area contributed by atoms with Crippen molar-refractivity contribution in [3.05, 3.63) is 46.8 Å². The lowest BCUT2D eigenvalue weighted by Crippen LogP contribution is -2.42. The third kappa shape index (κ3) is 4.50. The van der Waals surface area contributed by atoms with Crippen LogP contribution in [0.5, 0.6) is 5.75 Å². The van der Waals surface area contributed by atoms with Crippen LogP contribution in [0.15, 0.2) is 24.4 Å². The van der Waals surface area contributed by atoms with Gasteiger partial charge < -0.3 is 14.5 Å². The third-order valence-electron chi connectivity index (χ3n) is 5.85. The van der Waals surface area contributed by atoms with E-state index >= 15 is 0 Å². The summed E-state index contributed by atoms with van der Waals surface area (Å²) in [5.41, 5.74) is 3.31. The van der Waals surface area contributed by atoms with E-state index in [1.165, 1.54) is 0 Å². The van der Waals surface area contributed by atoms with Gasteiger partial charge in [-0.3, -0.25) is 14.7 Å². The van der Waals surface area contributed by atoms with E-state index in [0.29, 0.717) is 25.2 Å². The Morgan fingerprint density at radius 2 is 1.90 bits per heavy atom. The number of rotatable bonds is 7. The number of nitrogens with one attached hydrogen (secondary N) is 1. The second-order valence-corrected chi connectivity index (χ2v) is 7.78. The van der Waals surface area contributed by atoms with E-state index in [-0.39, 0.29) is 24.5 Å². The SMILES string of the molecule is CCN(CC)C(=O)c1cn[nH]c1C1CCCCN1C(=O)COc1c(C)cccc1C. The Morgan fingerprint density at radius 3 is 2.57 bits per heavy atom. The standard InChI is InChI=1S/C23H32N4O3/c1-5-26(6-2)23(29)18-14-24-25-21(18)19-12-7-8-13-27(19)20(28)15-30-22-16(3)10-9-11-17(22)4/h9-11,14,19H,5-8,12-13,15H2,1-4H3,(H,24,25). The van der Waals surface area contributed by atoms with Gasteiger partial charge in [-0.05, 0) is 58.1 Å². The number of hydrogen-bond acceptors (Lipinski definition) is 4. The molecule has 1 fully saturated rings. The maximum Gasteiger partial charge on any atom is 0.261 e. The predicted octanol–water partition coefficient (Wildman–Crippen LogP) is 3.64. The minimum Gasteiger partial charge on any atom is -0.483 e. The highest BCUT2D eigenvalue weighted by atomic mass is 16.5. The molecule has 1 aromatic carbocycles. The van der Waals surface area contributed by atoms with E-state index in [1.807, 2.05) is 50.8 Å². The van der Waals surface area contributed by atoms with Gasteiger partial charge in [0.15, 0.2) is 6.61 Å². The minimum atomic E-state index is -0.190. The maximum absolute atomic E-state index is 13.1. The smallest absolute Gasteiger partial charge is 0.261 e. The van der Waals surface area contributed by atoms with Crippen molar-refractivity contribution in [2.75, 3.05) is 26.2 Å². The van der Waals surface area contributed by atoms with Crippen LogP contribution in [0.4, 0.5) is 0 Å². The zero-order chi connectivity index (χ0) is 21.7. The van der Waals surface area contributed by atoms with E-state index in [1.54, 1.807) is 11.1 Å². The molecule has 2 aromatic rings. The summed E-state index contributed by atoms with van der Waals surface area (Å²) in [5.74, 6) is 0.644. The molecule has 1 unspecified atom stereocenters. The number of amides is 2. The number of ether oxygens (including phenoxy) is 1. The Bertz CT molecular complexity index is 868. The van der Waals surface area contributed by atoms with Crippen LogP contribution in [-0.2, 0) is 4.79 Å². The normalized spacial score (nSPS) is 16.4. The fraction of sp³-hybridized carbons (Fsp3) is 0.522. The molecule has 7 heteroatoms. The van der Waals surface area contributed by atoms with E-state index in [4.69, 9.17) is 4.74 Å². The lowest BCUT2D eigenvalue weighted by atomic mass is 9.96. The van der Waals surface area contributed by atoms with Gasteiger partial charge in [-0.15, -0.1) is 0 Å². The number of aromatic nitrogens is 2. The Hall–Kier alpha value is -2.83. The Labute approximate surface area is 178 Å². The molecule has 7 nitrogen and oxygen atoms in total. The highest BCUT2D eigenvalue weighted by Crippen LogP contribution is 2.32. The van der Waals surface area contributed by atoms with Gasteiger partial charge in [0.25, 0.3) is 11.8 Å². The summed E-state index contributed by atoms with van der Waals surface area (Å²) in [5, 5.41) is 7.14. The van der Waals surface area contributed by atoms with Gasteiger partial charge in [-0.1, -0.05) is 18.2 Å². The molecular weight excluding hydrogens is 380 g/mol. The summed E-state index contributed by atoms with van der Waals surface area (Å²) in [7, 11) is 0. The lowest BCUT2D eigenvalue weighted by Gasteiger charge is -2.35. The van der Waals surface area contributed by atoms with Crippen molar-refractivity contribution >= 4 is 11.8 Å². The average molecular weight is 413 g/mol. The fourth-order valence-electron chi connectivity index (χ4n) is 4.18. The molecule has 1 aromatic heterocycles. The number of piperidine rings is 1. The Kier molecular flexibility index (Phi) is 7.13.